The average molecular weight is 287 g/mol. The van der Waals surface area contributed by atoms with E-state index in [1.807, 2.05) is 12.1 Å². The molecule has 3 N–H and O–H groups in total. The van der Waals surface area contributed by atoms with Gasteiger partial charge in [-0.25, -0.2) is 0 Å². The van der Waals surface area contributed by atoms with E-state index in [0.717, 1.165) is 12.1 Å². The lowest BCUT2D eigenvalue weighted by atomic mass is 10.1. The Labute approximate surface area is 124 Å². The summed E-state index contributed by atoms with van der Waals surface area (Å²) in [5, 5.41) is 5.21. The first-order valence-electron chi connectivity index (χ1n) is 6.88. The summed E-state index contributed by atoms with van der Waals surface area (Å²) in [6.07, 6.45) is 1.04. The second kappa shape index (κ2) is 7.10. The first kappa shape index (κ1) is 14.6. The van der Waals surface area contributed by atoms with Crippen molar-refractivity contribution in [3.8, 4) is 0 Å². The van der Waals surface area contributed by atoms with Gasteiger partial charge in [0.15, 0.2) is 5.96 Å². The normalized spacial score (nSPS) is 13.2. The molecule has 20 heavy (non-hydrogen) atoms. The number of hydrogen-bond acceptors (Lipinski definition) is 2. The number of nitrogens with zero attached hydrogens (tertiary/aromatic N) is 1. The van der Waals surface area contributed by atoms with Crippen LogP contribution in [0, 0.1) is 0 Å². The number of rotatable bonds is 5. The van der Waals surface area contributed by atoms with Crippen molar-refractivity contribution in [3.05, 3.63) is 52.2 Å². The Kier molecular flexibility index (Phi) is 5.18. The molecule has 0 amide bonds. The van der Waals surface area contributed by atoms with Crippen molar-refractivity contribution in [2.75, 3.05) is 11.9 Å². The van der Waals surface area contributed by atoms with Gasteiger partial charge in [-0.05, 0) is 35.6 Å². The number of thiophene rings is 1. The molecule has 0 radical (unpaired) electrons. The van der Waals surface area contributed by atoms with Crippen molar-refractivity contribution >= 4 is 23.0 Å². The number of nitrogens with one attached hydrogen (secondary N) is 1. The van der Waals surface area contributed by atoms with E-state index in [2.05, 4.69) is 53.8 Å². The van der Waals surface area contributed by atoms with Crippen LogP contribution in [0.1, 0.15) is 30.2 Å². The fraction of sp³-hybridized carbons (Fsp3) is 0.312. The third kappa shape index (κ3) is 4.10. The van der Waals surface area contributed by atoms with E-state index in [1.165, 1.54) is 10.4 Å². The molecule has 1 unspecified atom stereocenters. The van der Waals surface area contributed by atoms with Crippen LogP contribution >= 0.6 is 11.3 Å². The van der Waals surface area contributed by atoms with Gasteiger partial charge in [0.25, 0.3) is 0 Å². The van der Waals surface area contributed by atoms with Crippen LogP contribution in [0.25, 0.3) is 0 Å². The van der Waals surface area contributed by atoms with Crippen molar-refractivity contribution in [3.63, 3.8) is 0 Å². The Balaban J connectivity index is 1.90. The molecule has 106 valence electrons. The molecule has 1 aromatic heterocycles. The molecule has 3 nitrogen and oxygen atoms in total. The van der Waals surface area contributed by atoms with Crippen molar-refractivity contribution < 1.29 is 0 Å². The highest BCUT2D eigenvalue weighted by Gasteiger charge is 2.05. The highest BCUT2D eigenvalue weighted by Crippen LogP contribution is 2.20. The van der Waals surface area contributed by atoms with E-state index in [0.29, 0.717) is 18.4 Å². The van der Waals surface area contributed by atoms with Gasteiger partial charge in [-0.15, -0.1) is 11.3 Å². The average Bonchev–Trinajstić information content (AvgIpc) is 3.00. The highest BCUT2D eigenvalue weighted by atomic mass is 32.1. The summed E-state index contributed by atoms with van der Waals surface area (Å²) in [6.45, 7) is 5.01. The van der Waals surface area contributed by atoms with Gasteiger partial charge in [0.2, 0.25) is 0 Å². The molecule has 0 aliphatic rings. The smallest absolute Gasteiger partial charge is 0.193 e. The Morgan fingerprint density at radius 3 is 2.65 bits per heavy atom. The van der Waals surface area contributed by atoms with Crippen molar-refractivity contribution in [2.45, 2.75) is 26.2 Å². The third-order valence-corrected chi connectivity index (χ3v) is 4.30. The quantitative estimate of drug-likeness (QED) is 0.648. The molecule has 0 spiro atoms. The SMILES string of the molecule is CCc1ccc(NC(N)=NCC(C)c2cccs2)cc1. The van der Waals surface area contributed by atoms with Crippen LogP contribution < -0.4 is 11.1 Å². The maximum absolute atomic E-state index is 5.92. The zero-order valence-electron chi connectivity index (χ0n) is 12.0. The van der Waals surface area contributed by atoms with Crippen molar-refractivity contribution in [1.29, 1.82) is 0 Å². The molecule has 1 heterocycles. The lowest BCUT2D eigenvalue weighted by Crippen LogP contribution is -2.23. The van der Waals surface area contributed by atoms with Crippen LogP contribution in [0.5, 0.6) is 0 Å². The summed E-state index contributed by atoms with van der Waals surface area (Å²) in [4.78, 5) is 5.75. The summed E-state index contributed by atoms with van der Waals surface area (Å²) in [5.74, 6) is 0.871. The molecular weight excluding hydrogens is 266 g/mol. The first-order chi connectivity index (χ1) is 9.69. The van der Waals surface area contributed by atoms with Crippen LogP contribution in [0.15, 0.2) is 46.8 Å². The molecule has 0 aliphatic heterocycles. The number of hydrogen-bond donors (Lipinski definition) is 2. The van der Waals surface area contributed by atoms with Gasteiger partial charge in [0, 0.05) is 16.5 Å². The zero-order valence-corrected chi connectivity index (χ0v) is 12.8. The highest BCUT2D eigenvalue weighted by molar-refractivity contribution is 7.10. The van der Waals surface area contributed by atoms with E-state index >= 15 is 0 Å². The molecule has 1 aromatic carbocycles. The van der Waals surface area contributed by atoms with Crippen LogP contribution in [0.2, 0.25) is 0 Å². The molecule has 1 atom stereocenters. The molecule has 2 aromatic rings. The predicted octanol–water partition coefficient (Wildman–Crippen LogP) is 3.84. The summed E-state index contributed by atoms with van der Waals surface area (Å²) in [7, 11) is 0. The van der Waals surface area contributed by atoms with E-state index in [-0.39, 0.29) is 0 Å². The molecule has 2 rings (SSSR count). The molecule has 0 aliphatic carbocycles. The summed E-state index contributed by atoms with van der Waals surface area (Å²) < 4.78 is 0. The Bertz CT molecular complexity index is 544. The molecular formula is C16H21N3S. The third-order valence-electron chi connectivity index (χ3n) is 3.20. The largest absolute Gasteiger partial charge is 0.370 e. The van der Waals surface area contributed by atoms with Gasteiger partial charge in [-0.1, -0.05) is 32.0 Å². The van der Waals surface area contributed by atoms with Gasteiger partial charge >= 0.3 is 0 Å². The molecule has 0 bridgehead atoms. The second-order valence-corrected chi connectivity index (χ2v) is 5.80. The van der Waals surface area contributed by atoms with Crippen molar-refractivity contribution in [1.82, 2.24) is 0 Å². The Morgan fingerprint density at radius 1 is 1.30 bits per heavy atom. The molecule has 4 heteroatoms. The Hall–Kier alpha value is -1.81. The van der Waals surface area contributed by atoms with Crippen molar-refractivity contribution in [2.24, 2.45) is 10.7 Å². The van der Waals surface area contributed by atoms with Gasteiger partial charge in [0.1, 0.15) is 0 Å². The van der Waals surface area contributed by atoms with Gasteiger partial charge in [-0.3, -0.25) is 4.99 Å². The summed E-state index contributed by atoms with van der Waals surface area (Å²) in [6, 6.07) is 12.5. The van der Waals surface area contributed by atoms with Crippen LogP contribution in [0.4, 0.5) is 5.69 Å². The first-order valence-corrected chi connectivity index (χ1v) is 7.76. The van der Waals surface area contributed by atoms with Gasteiger partial charge < -0.3 is 11.1 Å². The van der Waals surface area contributed by atoms with E-state index < -0.39 is 0 Å². The maximum atomic E-state index is 5.92. The molecule has 0 saturated carbocycles. The monoisotopic (exact) mass is 287 g/mol. The summed E-state index contributed by atoms with van der Waals surface area (Å²) >= 11 is 1.76. The topological polar surface area (TPSA) is 50.4 Å². The number of anilines is 1. The molecule has 0 saturated heterocycles. The van der Waals surface area contributed by atoms with Gasteiger partial charge in [-0.2, -0.15) is 0 Å². The predicted molar refractivity (Wildman–Crippen MR) is 88.7 cm³/mol. The number of nitrogens with two attached hydrogens (primary N) is 1. The van der Waals surface area contributed by atoms with Crippen LogP contribution in [-0.2, 0) is 6.42 Å². The van der Waals surface area contributed by atoms with E-state index in [1.54, 1.807) is 11.3 Å². The zero-order chi connectivity index (χ0) is 14.4. The lowest BCUT2D eigenvalue weighted by Gasteiger charge is -2.09. The minimum atomic E-state index is 0.401. The van der Waals surface area contributed by atoms with Crippen LogP contribution in [-0.4, -0.2) is 12.5 Å². The Morgan fingerprint density at radius 2 is 2.05 bits per heavy atom. The minimum absolute atomic E-state index is 0.401. The minimum Gasteiger partial charge on any atom is -0.370 e. The van der Waals surface area contributed by atoms with E-state index in [9.17, 15) is 0 Å². The molecule has 0 fully saturated rings. The number of guanidine groups is 1. The number of aliphatic imine (C=N–C) groups is 1. The van der Waals surface area contributed by atoms with Gasteiger partial charge in [0.05, 0.1) is 6.54 Å². The van der Waals surface area contributed by atoms with Crippen LogP contribution in [0.3, 0.4) is 0 Å². The fourth-order valence-electron chi connectivity index (χ4n) is 1.91. The fourth-order valence-corrected chi connectivity index (χ4v) is 2.69. The second-order valence-electron chi connectivity index (χ2n) is 4.82. The summed E-state index contributed by atoms with van der Waals surface area (Å²) in [5.41, 5.74) is 8.22. The number of aryl methyl sites for hydroxylation is 1. The lowest BCUT2D eigenvalue weighted by molar-refractivity contribution is 0.790. The van der Waals surface area contributed by atoms with E-state index in [4.69, 9.17) is 5.73 Å². The maximum Gasteiger partial charge on any atom is 0.193 e. The standard InChI is InChI=1S/C16H21N3S/c1-3-13-6-8-14(9-7-13)19-16(17)18-11-12(2)15-5-4-10-20-15/h4-10,12H,3,11H2,1-2H3,(H3,17,18,19). The number of benzene rings is 1.